The number of nitrogens with one attached hydrogen (secondary N) is 1. The SMILES string of the molecule is O=C(NCc1ccccc1)O[C@H]1CO[C@H]2[C@@H]1OC[C@H]2OC(=O)c1ccc(O)cc1. The van der Waals surface area contributed by atoms with Gasteiger partial charge in [-0.25, -0.2) is 9.59 Å². The first kappa shape index (κ1) is 19.2. The molecule has 8 heteroatoms. The summed E-state index contributed by atoms with van der Waals surface area (Å²) in [6, 6.07) is 15.3. The minimum absolute atomic E-state index is 0.0653. The number of esters is 1. The van der Waals surface area contributed by atoms with Gasteiger partial charge in [0.05, 0.1) is 18.8 Å². The Labute approximate surface area is 167 Å². The van der Waals surface area contributed by atoms with Gasteiger partial charge in [-0.1, -0.05) is 30.3 Å². The number of fused-ring (bicyclic) bond motifs is 1. The molecule has 0 saturated carbocycles. The predicted molar refractivity (Wildman–Crippen MR) is 100 cm³/mol. The van der Waals surface area contributed by atoms with E-state index < -0.39 is 36.5 Å². The summed E-state index contributed by atoms with van der Waals surface area (Å²) in [6.45, 7) is 0.682. The zero-order chi connectivity index (χ0) is 20.2. The van der Waals surface area contributed by atoms with Crippen LogP contribution in [0.5, 0.6) is 5.75 Å². The highest BCUT2D eigenvalue weighted by Gasteiger charge is 2.51. The van der Waals surface area contributed by atoms with Gasteiger partial charge in [-0.05, 0) is 29.8 Å². The summed E-state index contributed by atoms with van der Waals surface area (Å²) < 4.78 is 22.3. The van der Waals surface area contributed by atoms with E-state index in [2.05, 4.69) is 5.32 Å². The average Bonchev–Trinajstić information content (AvgIpc) is 3.31. The number of alkyl carbamates (subject to hydrolysis) is 1. The van der Waals surface area contributed by atoms with Crippen LogP contribution in [0.15, 0.2) is 54.6 Å². The fourth-order valence-electron chi connectivity index (χ4n) is 3.38. The van der Waals surface area contributed by atoms with Crippen molar-refractivity contribution < 1.29 is 33.6 Å². The van der Waals surface area contributed by atoms with Crippen molar-refractivity contribution >= 4 is 12.1 Å². The number of rotatable bonds is 5. The van der Waals surface area contributed by atoms with Gasteiger partial charge in [-0.2, -0.15) is 0 Å². The number of carbonyl (C=O) groups is 2. The van der Waals surface area contributed by atoms with Crippen molar-refractivity contribution in [3.63, 3.8) is 0 Å². The third kappa shape index (κ3) is 4.49. The van der Waals surface area contributed by atoms with Gasteiger partial charge in [-0.3, -0.25) is 0 Å². The summed E-state index contributed by atoms with van der Waals surface area (Å²) in [5.41, 5.74) is 1.28. The summed E-state index contributed by atoms with van der Waals surface area (Å²) in [5, 5.41) is 12.0. The third-order valence-corrected chi connectivity index (χ3v) is 4.86. The molecule has 2 aliphatic heterocycles. The number of hydrogen-bond donors (Lipinski definition) is 2. The van der Waals surface area contributed by atoms with Gasteiger partial charge in [0.15, 0.2) is 12.2 Å². The van der Waals surface area contributed by atoms with Crippen LogP contribution in [-0.2, 0) is 25.5 Å². The molecule has 2 aromatic rings. The highest BCUT2D eigenvalue weighted by atomic mass is 16.7. The molecular weight excluding hydrogens is 378 g/mol. The van der Waals surface area contributed by atoms with E-state index in [4.69, 9.17) is 18.9 Å². The molecule has 0 radical (unpaired) electrons. The van der Waals surface area contributed by atoms with Gasteiger partial charge >= 0.3 is 12.1 Å². The Bertz CT molecular complexity index is 855. The van der Waals surface area contributed by atoms with Gasteiger partial charge in [0.2, 0.25) is 0 Å². The van der Waals surface area contributed by atoms with E-state index in [1.54, 1.807) is 0 Å². The maximum atomic E-state index is 12.3. The Balaban J connectivity index is 1.28. The molecular formula is C21H21NO7. The Morgan fingerprint density at radius 2 is 1.55 bits per heavy atom. The molecule has 8 nitrogen and oxygen atoms in total. The van der Waals surface area contributed by atoms with Crippen molar-refractivity contribution in [2.24, 2.45) is 0 Å². The molecule has 2 heterocycles. The van der Waals surface area contributed by atoms with Crippen LogP contribution >= 0.6 is 0 Å². The molecule has 4 atom stereocenters. The first-order valence-electron chi connectivity index (χ1n) is 9.32. The zero-order valence-electron chi connectivity index (χ0n) is 15.5. The van der Waals surface area contributed by atoms with Crippen molar-refractivity contribution in [2.45, 2.75) is 31.0 Å². The molecule has 2 fully saturated rings. The highest BCUT2D eigenvalue weighted by Crippen LogP contribution is 2.31. The minimum Gasteiger partial charge on any atom is -0.508 e. The molecule has 0 unspecified atom stereocenters. The Kier molecular flexibility index (Phi) is 5.64. The van der Waals surface area contributed by atoms with Gasteiger partial charge in [0, 0.05) is 6.54 Å². The summed E-state index contributed by atoms with van der Waals surface area (Å²) in [5.74, 6) is -0.469. The molecule has 2 N–H and O–H groups in total. The van der Waals surface area contributed by atoms with Crippen molar-refractivity contribution in [2.75, 3.05) is 13.2 Å². The number of carbonyl (C=O) groups excluding carboxylic acids is 2. The first-order valence-corrected chi connectivity index (χ1v) is 9.32. The summed E-state index contributed by atoms with van der Waals surface area (Å²) in [4.78, 5) is 24.4. The van der Waals surface area contributed by atoms with Crippen LogP contribution < -0.4 is 5.32 Å². The summed E-state index contributed by atoms with van der Waals surface area (Å²) in [7, 11) is 0. The van der Waals surface area contributed by atoms with E-state index >= 15 is 0 Å². The van der Waals surface area contributed by atoms with Crippen LogP contribution in [0.4, 0.5) is 4.79 Å². The first-order chi connectivity index (χ1) is 14.1. The van der Waals surface area contributed by atoms with Crippen molar-refractivity contribution in [1.29, 1.82) is 0 Å². The zero-order valence-corrected chi connectivity index (χ0v) is 15.5. The molecule has 0 spiro atoms. The lowest BCUT2D eigenvalue weighted by Crippen LogP contribution is -2.38. The lowest BCUT2D eigenvalue weighted by Gasteiger charge is -2.17. The lowest BCUT2D eigenvalue weighted by atomic mass is 10.1. The number of phenolic OH excluding ortho intramolecular Hbond substituents is 1. The average molecular weight is 399 g/mol. The van der Waals surface area contributed by atoms with Crippen LogP contribution in [0.2, 0.25) is 0 Å². The van der Waals surface area contributed by atoms with Gasteiger partial charge in [0.25, 0.3) is 0 Å². The van der Waals surface area contributed by atoms with E-state index in [0.29, 0.717) is 12.1 Å². The quantitative estimate of drug-likeness (QED) is 0.742. The molecule has 29 heavy (non-hydrogen) atoms. The van der Waals surface area contributed by atoms with Crippen molar-refractivity contribution in [3.05, 3.63) is 65.7 Å². The van der Waals surface area contributed by atoms with Gasteiger partial charge in [-0.15, -0.1) is 0 Å². The number of amides is 1. The Morgan fingerprint density at radius 3 is 2.21 bits per heavy atom. The van der Waals surface area contributed by atoms with Crippen LogP contribution in [0.3, 0.4) is 0 Å². The monoisotopic (exact) mass is 399 g/mol. The van der Waals surface area contributed by atoms with E-state index in [9.17, 15) is 14.7 Å². The van der Waals surface area contributed by atoms with E-state index in [-0.39, 0.29) is 19.0 Å². The molecule has 1 amide bonds. The second kappa shape index (κ2) is 8.50. The molecule has 4 rings (SSSR count). The molecule has 0 aromatic heterocycles. The van der Waals surface area contributed by atoms with E-state index in [1.165, 1.54) is 24.3 Å². The normalized spacial score (nSPS) is 25.2. The van der Waals surface area contributed by atoms with E-state index in [0.717, 1.165) is 5.56 Å². The topological polar surface area (TPSA) is 103 Å². The Morgan fingerprint density at radius 1 is 0.931 bits per heavy atom. The fraction of sp³-hybridized carbons (Fsp3) is 0.333. The predicted octanol–water partition coefficient (Wildman–Crippen LogP) is 2.01. The third-order valence-electron chi connectivity index (χ3n) is 4.86. The largest absolute Gasteiger partial charge is 0.508 e. The minimum atomic E-state index is -0.595. The van der Waals surface area contributed by atoms with Gasteiger partial charge < -0.3 is 29.4 Å². The smallest absolute Gasteiger partial charge is 0.407 e. The van der Waals surface area contributed by atoms with Crippen molar-refractivity contribution in [3.8, 4) is 5.75 Å². The Hall–Kier alpha value is -3.10. The highest BCUT2D eigenvalue weighted by molar-refractivity contribution is 5.89. The maximum absolute atomic E-state index is 12.3. The van der Waals surface area contributed by atoms with Crippen molar-refractivity contribution in [1.82, 2.24) is 5.32 Å². The van der Waals surface area contributed by atoms with Crippen LogP contribution in [0.1, 0.15) is 15.9 Å². The fourth-order valence-corrected chi connectivity index (χ4v) is 3.38. The molecule has 2 aromatic carbocycles. The summed E-state index contributed by atoms with van der Waals surface area (Å²) >= 11 is 0. The molecule has 0 aliphatic carbocycles. The summed E-state index contributed by atoms with van der Waals surface area (Å²) in [6.07, 6.45) is -2.72. The number of aromatic hydroxyl groups is 1. The van der Waals surface area contributed by atoms with Crippen LogP contribution in [0, 0.1) is 0 Å². The van der Waals surface area contributed by atoms with Crippen LogP contribution in [0.25, 0.3) is 0 Å². The maximum Gasteiger partial charge on any atom is 0.407 e. The number of phenols is 1. The van der Waals surface area contributed by atoms with Gasteiger partial charge in [0.1, 0.15) is 18.0 Å². The molecule has 152 valence electrons. The standard InChI is InChI=1S/C21H21NO7/c23-15-8-6-14(7-9-15)20(24)28-16-11-26-19-17(12-27-18(16)19)29-21(25)22-10-13-4-2-1-3-5-13/h1-9,16-19,23H,10-12H2,(H,22,25)/t16-,17+,18-,19-/m1/s1. The molecule has 2 saturated heterocycles. The second-order valence-corrected chi connectivity index (χ2v) is 6.87. The number of ether oxygens (including phenoxy) is 4. The lowest BCUT2D eigenvalue weighted by molar-refractivity contribution is -0.0231. The number of hydrogen-bond acceptors (Lipinski definition) is 7. The molecule has 0 bridgehead atoms. The second-order valence-electron chi connectivity index (χ2n) is 6.87. The number of benzene rings is 2. The van der Waals surface area contributed by atoms with Crippen LogP contribution in [-0.4, -0.2) is 54.8 Å². The molecule has 2 aliphatic rings. The van der Waals surface area contributed by atoms with E-state index in [1.807, 2.05) is 30.3 Å².